The summed E-state index contributed by atoms with van der Waals surface area (Å²) in [5.41, 5.74) is 1.00. The Morgan fingerprint density at radius 2 is 1.81 bits per heavy atom. The van der Waals surface area contributed by atoms with E-state index in [1.54, 1.807) is 31.4 Å². The maximum Gasteiger partial charge on any atom is 0.253 e. The van der Waals surface area contributed by atoms with E-state index >= 15 is 0 Å². The van der Waals surface area contributed by atoms with E-state index in [9.17, 15) is 9.59 Å². The number of hydrogen-bond donors (Lipinski definition) is 2. The first kappa shape index (κ1) is 20.8. The van der Waals surface area contributed by atoms with Gasteiger partial charge in [-0.1, -0.05) is 25.5 Å². The number of para-hydroxylation sites is 1. The molecule has 0 radical (unpaired) electrons. The Hall–Kier alpha value is -2.47. The molecule has 2 rings (SSSR count). The molecule has 0 spiro atoms. The molecule has 27 heavy (non-hydrogen) atoms. The maximum atomic E-state index is 12.6. The number of methoxy groups -OCH3 is 1. The number of hydrogen-bond acceptors (Lipinski definition) is 4. The molecular formula is C21H26N2O3S. The van der Waals surface area contributed by atoms with Crippen LogP contribution in [0.2, 0.25) is 0 Å². The summed E-state index contributed by atoms with van der Waals surface area (Å²) in [6.45, 7) is 4.54. The first-order chi connectivity index (χ1) is 13.0. The van der Waals surface area contributed by atoms with E-state index in [2.05, 4.69) is 17.6 Å². The predicted molar refractivity (Wildman–Crippen MR) is 111 cm³/mol. The smallest absolute Gasteiger partial charge is 0.253 e. The molecule has 144 valence electrons. The highest BCUT2D eigenvalue weighted by Gasteiger charge is 2.18. The fourth-order valence-corrected chi connectivity index (χ4v) is 3.28. The van der Waals surface area contributed by atoms with Gasteiger partial charge in [-0.2, -0.15) is 0 Å². The minimum Gasteiger partial charge on any atom is -0.497 e. The maximum absolute atomic E-state index is 12.6. The van der Waals surface area contributed by atoms with E-state index < -0.39 is 0 Å². The van der Waals surface area contributed by atoms with Crippen molar-refractivity contribution < 1.29 is 14.3 Å². The van der Waals surface area contributed by atoms with Crippen molar-refractivity contribution in [3.63, 3.8) is 0 Å². The summed E-state index contributed by atoms with van der Waals surface area (Å²) < 4.78 is 5.14. The van der Waals surface area contributed by atoms with Crippen LogP contribution in [0.5, 0.6) is 5.75 Å². The molecule has 2 N–H and O–H groups in total. The van der Waals surface area contributed by atoms with Gasteiger partial charge in [-0.15, -0.1) is 11.8 Å². The zero-order valence-corrected chi connectivity index (χ0v) is 16.8. The summed E-state index contributed by atoms with van der Waals surface area (Å²) in [5.74, 6) is 0.457. The van der Waals surface area contributed by atoms with Crippen LogP contribution in [0.25, 0.3) is 0 Å². The number of unbranched alkanes of at least 4 members (excludes halogenated alkanes) is 1. The average Bonchev–Trinajstić information content (AvgIpc) is 2.69. The van der Waals surface area contributed by atoms with Gasteiger partial charge in [0.1, 0.15) is 5.75 Å². The van der Waals surface area contributed by atoms with Gasteiger partial charge in [0, 0.05) is 11.4 Å². The highest BCUT2D eigenvalue weighted by atomic mass is 32.2. The van der Waals surface area contributed by atoms with Gasteiger partial charge in [-0.05, 0) is 49.7 Å². The molecule has 0 heterocycles. The number of carbonyl (C=O) groups excluding carboxylic acids is 2. The molecule has 0 aliphatic carbocycles. The first-order valence-corrected chi connectivity index (χ1v) is 9.92. The summed E-state index contributed by atoms with van der Waals surface area (Å²) >= 11 is 1.45. The van der Waals surface area contributed by atoms with E-state index in [0.29, 0.717) is 17.8 Å². The predicted octanol–water partition coefficient (Wildman–Crippen LogP) is 4.34. The molecule has 0 aliphatic heterocycles. The van der Waals surface area contributed by atoms with Crippen molar-refractivity contribution >= 4 is 29.3 Å². The van der Waals surface area contributed by atoms with Crippen molar-refractivity contribution in [2.24, 2.45) is 0 Å². The topological polar surface area (TPSA) is 67.4 Å². The number of rotatable bonds is 9. The lowest BCUT2D eigenvalue weighted by Crippen LogP contribution is -2.28. The fourth-order valence-electron chi connectivity index (χ4n) is 2.41. The zero-order chi connectivity index (χ0) is 19.6. The molecular weight excluding hydrogens is 360 g/mol. The molecule has 0 saturated carbocycles. The highest BCUT2D eigenvalue weighted by Crippen LogP contribution is 2.26. The van der Waals surface area contributed by atoms with E-state index in [-0.39, 0.29) is 17.1 Å². The molecule has 2 amide bonds. The second-order valence-electron chi connectivity index (χ2n) is 6.08. The van der Waals surface area contributed by atoms with Crippen LogP contribution in [0, 0.1) is 0 Å². The third-order valence-corrected chi connectivity index (χ3v) is 5.10. The highest BCUT2D eigenvalue weighted by molar-refractivity contribution is 8.00. The third kappa shape index (κ3) is 6.32. The second-order valence-corrected chi connectivity index (χ2v) is 7.49. The number of benzene rings is 2. The van der Waals surface area contributed by atoms with Crippen LogP contribution in [0.15, 0.2) is 53.4 Å². The molecule has 0 fully saturated rings. The summed E-state index contributed by atoms with van der Waals surface area (Å²) in [5, 5.41) is 5.45. The molecule has 6 heteroatoms. The average molecular weight is 387 g/mol. The SMILES string of the molecule is CCCCNC(=O)c1ccccc1NC(=O)C(C)Sc1ccc(OC)cc1. The minimum atomic E-state index is -0.311. The number of carbonyl (C=O) groups is 2. The fraction of sp³-hybridized carbons (Fsp3) is 0.333. The second kappa shape index (κ2) is 10.6. The van der Waals surface area contributed by atoms with Crippen LogP contribution < -0.4 is 15.4 Å². The molecule has 0 bridgehead atoms. The van der Waals surface area contributed by atoms with Crippen LogP contribution in [0.4, 0.5) is 5.69 Å². The van der Waals surface area contributed by atoms with Crippen molar-refractivity contribution in [2.75, 3.05) is 19.0 Å². The van der Waals surface area contributed by atoms with E-state index in [0.717, 1.165) is 23.5 Å². The summed E-state index contributed by atoms with van der Waals surface area (Å²) in [6.07, 6.45) is 1.94. The summed E-state index contributed by atoms with van der Waals surface area (Å²) in [6, 6.07) is 14.6. The van der Waals surface area contributed by atoms with Crippen LogP contribution in [-0.2, 0) is 4.79 Å². The molecule has 0 saturated heterocycles. The molecule has 5 nitrogen and oxygen atoms in total. The molecule has 2 aromatic carbocycles. The quantitative estimate of drug-likeness (QED) is 0.497. The molecule has 0 aromatic heterocycles. The van der Waals surface area contributed by atoms with Crippen molar-refractivity contribution in [2.45, 2.75) is 36.8 Å². The van der Waals surface area contributed by atoms with E-state index in [4.69, 9.17) is 4.74 Å². The summed E-state index contributed by atoms with van der Waals surface area (Å²) in [7, 11) is 1.62. The van der Waals surface area contributed by atoms with Crippen LogP contribution in [0.1, 0.15) is 37.0 Å². The summed E-state index contributed by atoms with van der Waals surface area (Å²) in [4.78, 5) is 25.9. The number of nitrogens with one attached hydrogen (secondary N) is 2. The number of amides is 2. The van der Waals surface area contributed by atoms with Crippen LogP contribution in [0.3, 0.4) is 0 Å². The van der Waals surface area contributed by atoms with Gasteiger partial charge in [0.2, 0.25) is 5.91 Å². The largest absolute Gasteiger partial charge is 0.497 e. The minimum absolute atomic E-state index is 0.148. The van der Waals surface area contributed by atoms with Gasteiger partial charge in [0.25, 0.3) is 5.91 Å². The van der Waals surface area contributed by atoms with Crippen LogP contribution in [-0.4, -0.2) is 30.7 Å². The van der Waals surface area contributed by atoms with Gasteiger partial charge in [-0.3, -0.25) is 9.59 Å². The monoisotopic (exact) mass is 386 g/mol. The number of ether oxygens (including phenoxy) is 1. The van der Waals surface area contributed by atoms with Gasteiger partial charge < -0.3 is 15.4 Å². The molecule has 0 aliphatic rings. The Bertz CT molecular complexity index is 762. The van der Waals surface area contributed by atoms with Crippen molar-refractivity contribution in [1.82, 2.24) is 5.32 Å². The van der Waals surface area contributed by atoms with E-state index in [1.165, 1.54) is 11.8 Å². The Labute approximate surface area is 164 Å². The normalized spacial score (nSPS) is 11.5. The third-order valence-electron chi connectivity index (χ3n) is 3.99. The lowest BCUT2D eigenvalue weighted by Gasteiger charge is -2.15. The lowest BCUT2D eigenvalue weighted by atomic mass is 10.1. The van der Waals surface area contributed by atoms with Crippen molar-refractivity contribution in [1.29, 1.82) is 0 Å². The van der Waals surface area contributed by atoms with Gasteiger partial charge in [-0.25, -0.2) is 0 Å². The standard InChI is InChI=1S/C21H26N2O3S/c1-4-5-14-22-21(25)18-8-6-7-9-19(18)23-20(24)15(2)27-17-12-10-16(26-3)11-13-17/h6-13,15H,4-5,14H2,1-3H3,(H,22,25)(H,23,24). The van der Waals surface area contributed by atoms with Crippen molar-refractivity contribution in [3.05, 3.63) is 54.1 Å². The number of anilines is 1. The molecule has 1 unspecified atom stereocenters. The Balaban J connectivity index is 2.00. The number of thioether (sulfide) groups is 1. The Morgan fingerprint density at radius 3 is 2.48 bits per heavy atom. The van der Waals surface area contributed by atoms with Gasteiger partial charge in [0.05, 0.1) is 23.6 Å². The Morgan fingerprint density at radius 1 is 1.11 bits per heavy atom. The van der Waals surface area contributed by atoms with Crippen LogP contribution >= 0.6 is 11.8 Å². The van der Waals surface area contributed by atoms with E-state index in [1.807, 2.05) is 31.2 Å². The molecule has 1 atom stereocenters. The van der Waals surface area contributed by atoms with Gasteiger partial charge >= 0.3 is 0 Å². The lowest BCUT2D eigenvalue weighted by molar-refractivity contribution is -0.115. The first-order valence-electron chi connectivity index (χ1n) is 9.04. The Kier molecular flexibility index (Phi) is 8.20. The molecule has 2 aromatic rings. The van der Waals surface area contributed by atoms with Crippen molar-refractivity contribution in [3.8, 4) is 5.75 Å². The zero-order valence-electron chi connectivity index (χ0n) is 16.0. The van der Waals surface area contributed by atoms with Gasteiger partial charge in [0.15, 0.2) is 0 Å².